The van der Waals surface area contributed by atoms with Gasteiger partial charge in [0.05, 0.1) is 16.9 Å². The molecule has 0 saturated carbocycles. The van der Waals surface area contributed by atoms with Gasteiger partial charge < -0.3 is 5.43 Å². The van der Waals surface area contributed by atoms with E-state index in [9.17, 15) is 10.1 Å². The van der Waals surface area contributed by atoms with Gasteiger partial charge in [-0.15, -0.1) is 0 Å². The lowest BCUT2D eigenvalue weighted by Crippen LogP contribution is -2.16. The van der Waals surface area contributed by atoms with Crippen LogP contribution in [0.3, 0.4) is 0 Å². The standard InChI is InChI=1S/C3H7N3O2S/c4-5-1-3(2-9)6(7)8/h1,5,9H,2,4H2/b3-1+. The van der Waals surface area contributed by atoms with Gasteiger partial charge in [-0.3, -0.25) is 16.0 Å². The third-order valence-electron chi connectivity index (χ3n) is 0.646. The lowest BCUT2D eigenvalue weighted by molar-refractivity contribution is -0.423. The number of nitrogens with zero attached hydrogens (tertiary/aromatic N) is 1. The third-order valence-corrected chi connectivity index (χ3v) is 0.970. The van der Waals surface area contributed by atoms with Crippen LogP contribution in [-0.4, -0.2) is 10.7 Å². The predicted octanol–water partition coefficient (Wildman–Crippen LogP) is -0.502. The van der Waals surface area contributed by atoms with Crippen molar-refractivity contribution in [2.24, 2.45) is 5.84 Å². The second kappa shape index (κ2) is 4.16. The molecule has 6 heteroatoms. The zero-order chi connectivity index (χ0) is 7.28. The molecule has 0 aliphatic carbocycles. The minimum atomic E-state index is -0.549. The summed E-state index contributed by atoms with van der Waals surface area (Å²) in [7, 11) is 0. The molecule has 0 radical (unpaired) electrons. The summed E-state index contributed by atoms with van der Waals surface area (Å²) in [4.78, 5) is 9.36. The molecule has 52 valence electrons. The second-order valence-corrected chi connectivity index (χ2v) is 1.53. The molecule has 0 aromatic rings. The Bertz CT molecular complexity index is 135. The first-order chi connectivity index (χ1) is 4.22. The third kappa shape index (κ3) is 2.94. The van der Waals surface area contributed by atoms with Gasteiger partial charge in [0.2, 0.25) is 0 Å². The Morgan fingerprint density at radius 3 is 2.67 bits per heavy atom. The van der Waals surface area contributed by atoms with E-state index in [1.54, 1.807) is 0 Å². The highest BCUT2D eigenvalue weighted by atomic mass is 32.1. The highest BCUT2D eigenvalue weighted by Gasteiger charge is 2.04. The maximum Gasteiger partial charge on any atom is 0.272 e. The SMILES string of the molecule is NN/C=C(\CS)[N+](=O)[O-]. The first-order valence-electron chi connectivity index (χ1n) is 2.12. The van der Waals surface area contributed by atoms with E-state index in [-0.39, 0.29) is 11.4 Å². The topological polar surface area (TPSA) is 81.2 Å². The lowest BCUT2D eigenvalue weighted by Gasteiger charge is -1.90. The molecule has 0 rings (SSSR count). The Kier molecular flexibility index (Phi) is 3.81. The first kappa shape index (κ1) is 8.25. The van der Waals surface area contributed by atoms with Crippen LogP contribution in [0.4, 0.5) is 0 Å². The van der Waals surface area contributed by atoms with Gasteiger partial charge in [-0.25, -0.2) is 0 Å². The van der Waals surface area contributed by atoms with Crippen LogP contribution in [0.15, 0.2) is 11.9 Å². The van der Waals surface area contributed by atoms with E-state index < -0.39 is 4.92 Å². The zero-order valence-corrected chi connectivity index (χ0v) is 5.47. The molecule has 0 amide bonds. The number of thiol groups is 1. The minimum absolute atomic E-state index is 0.0548. The molecule has 0 atom stereocenters. The molecular formula is C3H7N3O2S. The Hall–Kier alpha value is -0.750. The van der Waals surface area contributed by atoms with Crippen LogP contribution < -0.4 is 11.3 Å². The number of nitro groups is 1. The number of hydrogen-bond donors (Lipinski definition) is 3. The summed E-state index contributed by atoms with van der Waals surface area (Å²) in [5.74, 6) is 4.84. The minimum Gasteiger partial charge on any atom is -0.325 e. The van der Waals surface area contributed by atoms with Gasteiger partial charge in [0, 0.05) is 0 Å². The van der Waals surface area contributed by atoms with E-state index in [0.29, 0.717) is 0 Å². The first-order valence-corrected chi connectivity index (χ1v) is 2.76. The summed E-state index contributed by atoms with van der Waals surface area (Å²) >= 11 is 3.68. The van der Waals surface area contributed by atoms with Crippen molar-refractivity contribution in [2.45, 2.75) is 0 Å². The van der Waals surface area contributed by atoms with Crippen LogP contribution in [0.2, 0.25) is 0 Å². The molecule has 0 bridgehead atoms. The van der Waals surface area contributed by atoms with Crippen LogP contribution >= 0.6 is 12.6 Å². The Morgan fingerprint density at radius 1 is 2.00 bits per heavy atom. The van der Waals surface area contributed by atoms with Crippen LogP contribution in [0, 0.1) is 10.1 Å². The second-order valence-electron chi connectivity index (χ2n) is 1.22. The molecule has 0 unspecified atom stereocenters. The molecule has 0 aliphatic heterocycles. The fourth-order valence-electron chi connectivity index (χ4n) is 0.252. The highest BCUT2D eigenvalue weighted by molar-refractivity contribution is 7.80. The predicted molar refractivity (Wildman–Crippen MR) is 36.3 cm³/mol. The molecule has 0 heterocycles. The summed E-state index contributed by atoms with van der Waals surface area (Å²) in [5, 5.41) is 9.91. The largest absolute Gasteiger partial charge is 0.325 e. The number of nitrogens with one attached hydrogen (secondary N) is 1. The van der Waals surface area contributed by atoms with Gasteiger partial charge in [-0.2, -0.15) is 12.6 Å². The van der Waals surface area contributed by atoms with Gasteiger partial charge in [0.1, 0.15) is 0 Å². The van der Waals surface area contributed by atoms with Crippen molar-refractivity contribution in [3.05, 3.63) is 22.0 Å². The monoisotopic (exact) mass is 149 g/mol. The van der Waals surface area contributed by atoms with E-state index in [1.807, 2.05) is 5.43 Å². The molecular weight excluding hydrogens is 142 g/mol. The van der Waals surface area contributed by atoms with Crippen molar-refractivity contribution in [3.63, 3.8) is 0 Å². The Balaban J connectivity index is 3.98. The molecule has 0 fully saturated rings. The van der Waals surface area contributed by atoms with Gasteiger partial charge in [0.25, 0.3) is 5.70 Å². The van der Waals surface area contributed by atoms with Crippen molar-refractivity contribution in [3.8, 4) is 0 Å². The van der Waals surface area contributed by atoms with Gasteiger partial charge >= 0.3 is 0 Å². The van der Waals surface area contributed by atoms with E-state index in [2.05, 4.69) is 12.6 Å². The molecule has 0 spiro atoms. The summed E-state index contributed by atoms with van der Waals surface area (Å²) in [5.41, 5.74) is 1.99. The Morgan fingerprint density at radius 2 is 2.56 bits per heavy atom. The molecule has 0 aromatic heterocycles. The molecule has 3 N–H and O–H groups in total. The maximum absolute atomic E-state index is 9.91. The van der Waals surface area contributed by atoms with Crippen molar-refractivity contribution in [1.82, 2.24) is 5.43 Å². The summed E-state index contributed by atoms with van der Waals surface area (Å²) in [6, 6.07) is 0. The van der Waals surface area contributed by atoms with Crippen molar-refractivity contribution in [1.29, 1.82) is 0 Å². The Labute approximate surface area is 57.4 Å². The van der Waals surface area contributed by atoms with Gasteiger partial charge in [-0.05, 0) is 0 Å². The average Bonchev–Trinajstić information content (AvgIpc) is 1.82. The zero-order valence-electron chi connectivity index (χ0n) is 4.57. The van der Waals surface area contributed by atoms with Crippen LogP contribution in [0.1, 0.15) is 0 Å². The number of nitrogens with two attached hydrogens (primary N) is 1. The highest BCUT2D eigenvalue weighted by Crippen LogP contribution is 1.94. The number of rotatable bonds is 3. The van der Waals surface area contributed by atoms with Gasteiger partial charge in [0.15, 0.2) is 0 Å². The maximum atomic E-state index is 9.91. The van der Waals surface area contributed by atoms with Crippen LogP contribution in [0.25, 0.3) is 0 Å². The molecule has 0 aliphatic rings. The summed E-state index contributed by atoms with van der Waals surface area (Å²) < 4.78 is 0. The van der Waals surface area contributed by atoms with E-state index in [1.165, 1.54) is 0 Å². The number of hydrazine groups is 1. The van der Waals surface area contributed by atoms with Crippen molar-refractivity contribution >= 4 is 12.6 Å². The van der Waals surface area contributed by atoms with E-state index >= 15 is 0 Å². The molecule has 9 heavy (non-hydrogen) atoms. The van der Waals surface area contributed by atoms with Crippen LogP contribution in [-0.2, 0) is 0 Å². The lowest BCUT2D eigenvalue weighted by atomic mass is 10.6. The van der Waals surface area contributed by atoms with Crippen LogP contribution in [0.5, 0.6) is 0 Å². The fraction of sp³-hybridized carbons (Fsp3) is 0.333. The molecule has 0 aromatic carbocycles. The smallest absolute Gasteiger partial charge is 0.272 e. The quantitative estimate of drug-likeness (QED) is 0.219. The molecule has 0 saturated heterocycles. The van der Waals surface area contributed by atoms with Crippen molar-refractivity contribution < 1.29 is 4.92 Å². The number of hydrogen-bond acceptors (Lipinski definition) is 5. The average molecular weight is 149 g/mol. The van der Waals surface area contributed by atoms with Crippen molar-refractivity contribution in [2.75, 3.05) is 5.75 Å². The van der Waals surface area contributed by atoms with E-state index in [0.717, 1.165) is 6.20 Å². The van der Waals surface area contributed by atoms with Gasteiger partial charge in [-0.1, -0.05) is 0 Å². The molecule has 5 nitrogen and oxygen atoms in total. The summed E-state index contributed by atoms with van der Waals surface area (Å²) in [6.07, 6.45) is 1.09. The fourth-order valence-corrected chi connectivity index (χ4v) is 0.459. The normalized spacial score (nSPS) is 11.1. The van der Waals surface area contributed by atoms with E-state index in [4.69, 9.17) is 5.84 Å². The summed E-state index contributed by atoms with van der Waals surface area (Å²) in [6.45, 7) is 0.